The van der Waals surface area contributed by atoms with Crippen molar-refractivity contribution in [3.63, 3.8) is 0 Å². The average Bonchev–Trinajstić information content (AvgIpc) is 3.43. The van der Waals surface area contributed by atoms with Crippen LogP contribution in [0.2, 0.25) is 0 Å². The summed E-state index contributed by atoms with van der Waals surface area (Å²) in [6.45, 7) is 6.35. The van der Waals surface area contributed by atoms with E-state index in [0.29, 0.717) is 48.5 Å². The molecular weight excluding hydrogens is 533 g/mol. The van der Waals surface area contributed by atoms with Crippen LogP contribution in [0.15, 0.2) is 37.2 Å². The van der Waals surface area contributed by atoms with Crippen molar-refractivity contribution in [3.8, 4) is 23.2 Å². The first-order valence-electron chi connectivity index (χ1n) is 14.8. The Balaban J connectivity index is 1.42. The number of nitriles is 1. The molecule has 0 bridgehead atoms. The van der Waals surface area contributed by atoms with Gasteiger partial charge in [0, 0.05) is 54.6 Å². The fourth-order valence-corrected chi connectivity index (χ4v) is 6.61. The van der Waals surface area contributed by atoms with E-state index >= 15 is 4.39 Å². The minimum absolute atomic E-state index is 0.168. The lowest BCUT2D eigenvalue weighted by Crippen LogP contribution is -2.55. The van der Waals surface area contributed by atoms with Crippen LogP contribution in [0.5, 0.6) is 6.01 Å². The molecule has 0 radical (unpaired) electrons. The predicted octanol–water partition coefficient (Wildman–Crippen LogP) is 4.30. The van der Waals surface area contributed by atoms with Crippen LogP contribution in [0.3, 0.4) is 0 Å². The van der Waals surface area contributed by atoms with Gasteiger partial charge in [0.1, 0.15) is 18.2 Å². The Labute approximate surface area is 245 Å². The number of aromatic nitrogens is 3. The molecule has 2 saturated heterocycles. The number of piperazine rings is 1. The summed E-state index contributed by atoms with van der Waals surface area (Å²) in [6.07, 6.45) is 11.3. The third-order valence-electron chi connectivity index (χ3n) is 8.95. The summed E-state index contributed by atoms with van der Waals surface area (Å²) in [7, 11) is 2.09. The molecule has 3 aromatic rings. The topological polar surface area (TPSA) is 98.5 Å². The monoisotopic (exact) mass is 569 g/mol. The van der Waals surface area contributed by atoms with Crippen molar-refractivity contribution in [2.24, 2.45) is 0 Å². The highest BCUT2D eigenvalue weighted by atomic mass is 19.1. The Morgan fingerprint density at radius 1 is 1.14 bits per heavy atom. The number of ether oxygens (including phenoxy) is 1. The zero-order chi connectivity index (χ0) is 29.2. The van der Waals surface area contributed by atoms with E-state index in [4.69, 9.17) is 14.7 Å². The molecule has 6 rings (SSSR count). The molecule has 1 aliphatic carbocycles. The molecule has 9 nitrogen and oxygen atoms in total. The number of hydrogen-bond donors (Lipinski definition) is 0. The number of pyridine rings is 1. The lowest BCUT2D eigenvalue weighted by atomic mass is 9.87. The standard InChI is InChI=1S/C32H36FN7O2/c1-3-30(41)40-14-13-39(19-22(40)10-11-34)31-26-15-28(33)25(27-18-35-17-21-7-4-5-9-24(21)27)16-29(26)36-32(37-31)42-20-23-8-6-12-38(23)2/h3,15-18,22-23H,1,4-10,12-14,19-20H2,2H3/t22-,23-/m0/s1. The maximum absolute atomic E-state index is 16.0. The fourth-order valence-electron chi connectivity index (χ4n) is 6.61. The second-order valence-electron chi connectivity index (χ2n) is 11.5. The quantitative estimate of drug-likeness (QED) is 0.389. The van der Waals surface area contributed by atoms with Crippen molar-refractivity contribution >= 4 is 22.6 Å². The smallest absolute Gasteiger partial charge is 0.319 e. The van der Waals surface area contributed by atoms with E-state index in [0.717, 1.165) is 56.2 Å². The normalized spacial score (nSPS) is 20.8. The second kappa shape index (κ2) is 12.0. The summed E-state index contributed by atoms with van der Waals surface area (Å²) in [5, 5.41) is 10.0. The van der Waals surface area contributed by atoms with Gasteiger partial charge in [0.25, 0.3) is 0 Å². The molecule has 218 valence electrons. The highest BCUT2D eigenvalue weighted by Gasteiger charge is 2.32. The van der Waals surface area contributed by atoms with Gasteiger partial charge in [-0.3, -0.25) is 9.78 Å². The van der Waals surface area contributed by atoms with E-state index in [1.165, 1.54) is 17.7 Å². The molecule has 4 heterocycles. The molecule has 2 aromatic heterocycles. The van der Waals surface area contributed by atoms with Gasteiger partial charge >= 0.3 is 6.01 Å². The number of aryl methyl sites for hydroxylation is 1. The number of carbonyl (C=O) groups excluding carboxylic acids is 1. The number of amides is 1. The predicted molar refractivity (Wildman–Crippen MR) is 159 cm³/mol. The Morgan fingerprint density at radius 2 is 2.00 bits per heavy atom. The van der Waals surface area contributed by atoms with Crippen LogP contribution in [-0.2, 0) is 17.6 Å². The number of halogens is 1. The molecule has 0 saturated carbocycles. The molecule has 2 aliphatic heterocycles. The van der Waals surface area contributed by atoms with Crippen LogP contribution in [0.25, 0.3) is 22.0 Å². The first-order chi connectivity index (χ1) is 20.5. The van der Waals surface area contributed by atoms with E-state index in [1.54, 1.807) is 17.2 Å². The number of anilines is 1. The van der Waals surface area contributed by atoms with Gasteiger partial charge in [-0.05, 0) is 81.5 Å². The summed E-state index contributed by atoms with van der Waals surface area (Å²) in [6, 6.07) is 5.68. The van der Waals surface area contributed by atoms with E-state index in [1.807, 2.05) is 11.1 Å². The summed E-state index contributed by atoms with van der Waals surface area (Å²) in [5.74, 6) is -0.0202. The second-order valence-corrected chi connectivity index (χ2v) is 11.5. The fraction of sp³-hybridized carbons (Fsp3) is 0.469. The first kappa shape index (κ1) is 28.0. The minimum atomic E-state index is -0.358. The number of likely N-dealkylation sites (tertiary alicyclic amines) is 1. The SMILES string of the molecule is C=CC(=O)N1CCN(c2nc(OC[C@@H]3CCCN3C)nc3cc(-c4cncc5c4CCCC5)c(F)cc23)C[C@@H]1CC#N. The molecule has 1 aromatic carbocycles. The zero-order valence-electron chi connectivity index (χ0n) is 24.1. The van der Waals surface area contributed by atoms with Gasteiger partial charge in [-0.2, -0.15) is 15.2 Å². The molecule has 42 heavy (non-hydrogen) atoms. The Bertz CT molecular complexity index is 1550. The van der Waals surface area contributed by atoms with Crippen LogP contribution >= 0.6 is 0 Å². The van der Waals surface area contributed by atoms with Crippen LogP contribution < -0.4 is 9.64 Å². The molecule has 0 N–H and O–H groups in total. The molecule has 1 amide bonds. The van der Waals surface area contributed by atoms with E-state index in [9.17, 15) is 10.1 Å². The largest absolute Gasteiger partial charge is 0.462 e. The molecule has 2 atom stereocenters. The zero-order valence-corrected chi connectivity index (χ0v) is 24.1. The number of likely N-dealkylation sites (N-methyl/N-ethyl adjacent to an activating group) is 1. The maximum Gasteiger partial charge on any atom is 0.319 e. The van der Waals surface area contributed by atoms with Gasteiger partial charge < -0.3 is 19.4 Å². The molecule has 0 spiro atoms. The van der Waals surface area contributed by atoms with E-state index < -0.39 is 0 Å². The highest BCUT2D eigenvalue weighted by molar-refractivity contribution is 5.94. The number of hydrogen-bond acceptors (Lipinski definition) is 8. The van der Waals surface area contributed by atoms with Crippen molar-refractivity contribution in [2.75, 3.05) is 44.7 Å². The van der Waals surface area contributed by atoms with Gasteiger partial charge in [0.2, 0.25) is 5.91 Å². The first-order valence-corrected chi connectivity index (χ1v) is 14.8. The minimum Gasteiger partial charge on any atom is -0.462 e. The molecule has 2 fully saturated rings. The lowest BCUT2D eigenvalue weighted by molar-refractivity contribution is -0.128. The van der Waals surface area contributed by atoms with Crippen LogP contribution in [0, 0.1) is 17.1 Å². The third kappa shape index (κ3) is 5.41. The summed E-state index contributed by atoms with van der Waals surface area (Å²) in [4.78, 5) is 32.5. The van der Waals surface area contributed by atoms with Crippen molar-refractivity contribution in [1.29, 1.82) is 5.26 Å². The van der Waals surface area contributed by atoms with Crippen LogP contribution in [-0.4, -0.2) is 82.6 Å². The molecule has 0 unspecified atom stereocenters. The molecule has 10 heteroatoms. The number of nitrogens with zero attached hydrogens (tertiary/aromatic N) is 7. The molecular formula is C32H36FN7O2. The van der Waals surface area contributed by atoms with Gasteiger partial charge in [0.05, 0.1) is 24.0 Å². The number of benzene rings is 1. The Morgan fingerprint density at radius 3 is 2.79 bits per heavy atom. The molecule has 3 aliphatic rings. The van der Waals surface area contributed by atoms with Crippen molar-refractivity contribution in [3.05, 3.63) is 54.1 Å². The van der Waals surface area contributed by atoms with Gasteiger partial charge in [0.15, 0.2) is 0 Å². The van der Waals surface area contributed by atoms with Crippen LogP contribution in [0.1, 0.15) is 43.2 Å². The maximum atomic E-state index is 16.0. The van der Waals surface area contributed by atoms with Gasteiger partial charge in [-0.25, -0.2) is 4.39 Å². The average molecular weight is 570 g/mol. The van der Waals surface area contributed by atoms with Gasteiger partial charge in [-0.15, -0.1) is 0 Å². The van der Waals surface area contributed by atoms with Crippen molar-refractivity contribution < 1.29 is 13.9 Å². The van der Waals surface area contributed by atoms with Gasteiger partial charge in [-0.1, -0.05) is 6.58 Å². The van der Waals surface area contributed by atoms with E-state index in [-0.39, 0.29) is 36.2 Å². The van der Waals surface area contributed by atoms with Crippen molar-refractivity contribution in [2.45, 2.75) is 57.0 Å². The Hall–Kier alpha value is -4.10. The van der Waals surface area contributed by atoms with E-state index in [2.05, 4.69) is 29.6 Å². The number of fused-ring (bicyclic) bond motifs is 2. The third-order valence-corrected chi connectivity index (χ3v) is 8.95. The number of carbonyl (C=O) groups is 1. The summed E-state index contributed by atoms with van der Waals surface area (Å²) >= 11 is 0. The highest BCUT2D eigenvalue weighted by Crippen LogP contribution is 2.37. The summed E-state index contributed by atoms with van der Waals surface area (Å²) < 4.78 is 22.2. The lowest BCUT2D eigenvalue weighted by Gasteiger charge is -2.41. The number of rotatable bonds is 7. The Kier molecular flexibility index (Phi) is 8.02. The summed E-state index contributed by atoms with van der Waals surface area (Å²) in [5.41, 5.74) is 4.21. The van der Waals surface area contributed by atoms with Crippen molar-refractivity contribution in [1.82, 2.24) is 24.8 Å². The van der Waals surface area contributed by atoms with Crippen LogP contribution in [0.4, 0.5) is 10.2 Å².